The molecular weight excluding hydrogens is 276 g/mol. The van der Waals surface area contributed by atoms with Crippen molar-refractivity contribution < 1.29 is 14.3 Å². The zero-order valence-corrected chi connectivity index (χ0v) is 11.0. The molecule has 3 heterocycles. The van der Waals surface area contributed by atoms with Crippen molar-refractivity contribution >= 4 is 34.9 Å². The number of halogens is 1. The zero-order valence-electron chi connectivity index (χ0n) is 9.47. The summed E-state index contributed by atoms with van der Waals surface area (Å²) in [7, 11) is 0. The monoisotopic (exact) mass is 286 g/mol. The summed E-state index contributed by atoms with van der Waals surface area (Å²) in [6.45, 7) is 1.93. The van der Waals surface area contributed by atoms with Gasteiger partial charge >= 0.3 is 6.09 Å². The zero-order chi connectivity index (χ0) is 12.7. The Morgan fingerprint density at radius 2 is 2.33 bits per heavy atom. The van der Waals surface area contributed by atoms with Gasteiger partial charge in [0, 0.05) is 19.6 Å². The molecule has 2 aliphatic heterocycles. The van der Waals surface area contributed by atoms with Gasteiger partial charge in [0.2, 0.25) is 0 Å². The van der Waals surface area contributed by atoms with Crippen molar-refractivity contribution in [1.29, 1.82) is 0 Å². The lowest BCUT2D eigenvalue weighted by atomic mass is 10.2. The summed E-state index contributed by atoms with van der Waals surface area (Å²) in [6, 6.07) is 1.70. The minimum Gasteiger partial charge on any atom is -0.447 e. The fraction of sp³-hybridized carbons (Fsp3) is 0.455. The van der Waals surface area contributed by atoms with Gasteiger partial charge in [0.05, 0.1) is 11.1 Å². The Labute approximate surface area is 113 Å². The van der Waals surface area contributed by atoms with E-state index in [1.165, 1.54) is 11.3 Å². The number of nitrogens with zero attached hydrogens (tertiary/aromatic N) is 2. The molecule has 3 rings (SSSR count). The summed E-state index contributed by atoms with van der Waals surface area (Å²) in [5, 5.41) is 2.29. The topological polar surface area (TPSA) is 49.9 Å². The quantitative estimate of drug-likeness (QED) is 0.789. The molecular formula is C11H11ClN2O3S. The molecule has 2 aliphatic rings. The van der Waals surface area contributed by atoms with Gasteiger partial charge in [0.15, 0.2) is 0 Å². The molecule has 0 spiro atoms. The van der Waals surface area contributed by atoms with E-state index in [1.54, 1.807) is 21.2 Å². The lowest BCUT2D eigenvalue weighted by molar-refractivity contribution is 0.0622. The van der Waals surface area contributed by atoms with E-state index in [4.69, 9.17) is 16.3 Å². The molecule has 5 nitrogen and oxygen atoms in total. The van der Waals surface area contributed by atoms with Gasteiger partial charge in [-0.3, -0.25) is 9.69 Å². The van der Waals surface area contributed by atoms with Crippen LogP contribution >= 0.6 is 22.9 Å². The molecule has 1 atom stereocenters. The SMILES string of the molecule is O=C(c1sccc1Cl)N1CCN2C(=O)OC[C@@H]2C1. The highest BCUT2D eigenvalue weighted by Gasteiger charge is 2.39. The fourth-order valence-corrected chi connectivity index (χ4v) is 3.37. The minimum atomic E-state index is -0.277. The van der Waals surface area contributed by atoms with Gasteiger partial charge in [0.1, 0.15) is 11.5 Å². The number of cyclic esters (lactones) is 1. The number of thiophene rings is 1. The van der Waals surface area contributed by atoms with Crippen LogP contribution in [-0.2, 0) is 4.74 Å². The van der Waals surface area contributed by atoms with Gasteiger partial charge in [-0.25, -0.2) is 4.79 Å². The lowest BCUT2D eigenvalue weighted by Crippen LogP contribution is -2.53. The van der Waals surface area contributed by atoms with Crippen molar-refractivity contribution in [3.8, 4) is 0 Å². The molecule has 0 saturated carbocycles. The second-order valence-corrected chi connectivity index (χ2v) is 5.60. The molecule has 2 fully saturated rings. The van der Waals surface area contributed by atoms with Crippen LogP contribution in [0.3, 0.4) is 0 Å². The summed E-state index contributed by atoms with van der Waals surface area (Å²) in [6.07, 6.45) is -0.277. The van der Waals surface area contributed by atoms with Gasteiger partial charge in [-0.2, -0.15) is 0 Å². The normalized spacial score (nSPS) is 22.9. The van der Waals surface area contributed by atoms with E-state index in [0.29, 0.717) is 36.1 Å². The molecule has 0 radical (unpaired) electrons. The number of fused-ring (bicyclic) bond motifs is 1. The second kappa shape index (κ2) is 4.44. The first-order valence-corrected chi connectivity index (χ1v) is 6.88. The van der Waals surface area contributed by atoms with Crippen LogP contribution < -0.4 is 0 Å². The van der Waals surface area contributed by atoms with E-state index >= 15 is 0 Å². The molecule has 0 N–H and O–H groups in total. The predicted molar refractivity (Wildman–Crippen MR) is 67.1 cm³/mol. The van der Waals surface area contributed by atoms with Gasteiger partial charge in [-0.15, -0.1) is 11.3 Å². The number of ether oxygens (including phenoxy) is 1. The largest absolute Gasteiger partial charge is 0.447 e. The van der Waals surface area contributed by atoms with Crippen molar-refractivity contribution in [2.24, 2.45) is 0 Å². The average molecular weight is 287 g/mol. The number of piperazine rings is 1. The standard InChI is InChI=1S/C11H11ClN2O3S/c12-8-1-4-18-9(8)10(15)13-2-3-14-7(5-13)6-17-11(14)16/h1,4,7H,2-3,5-6H2/t7-/m0/s1. The Kier molecular flexibility index (Phi) is 2.91. The lowest BCUT2D eigenvalue weighted by Gasteiger charge is -2.35. The van der Waals surface area contributed by atoms with Gasteiger partial charge in [0.25, 0.3) is 5.91 Å². The second-order valence-electron chi connectivity index (χ2n) is 4.27. The van der Waals surface area contributed by atoms with E-state index in [9.17, 15) is 9.59 Å². The van der Waals surface area contributed by atoms with Crippen molar-refractivity contribution in [3.05, 3.63) is 21.3 Å². The third kappa shape index (κ3) is 1.85. The number of rotatable bonds is 1. The first-order valence-electron chi connectivity index (χ1n) is 5.62. The maximum atomic E-state index is 12.3. The summed E-state index contributed by atoms with van der Waals surface area (Å²) in [4.78, 5) is 27.6. The molecule has 96 valence electrons. The number of carbonyl (C=O) groups is 2. The molecule has 0 bridgehead atoms. The Morgan fingerprint density at radius 1 is 1.50 bits per heavy atom. The van der Waals surface area contributed by atoms with Crippen LogP contribution in [0.1, 0.15) is 9.67 Å². The highest BCUT2D eigenvalue weighted by atomic mass is 35.5. The highest BCUT2D eigenvalue weighted by Crippen LogP contribution is 2.26. The fourth-order valence-electron chi connectivity index (χ4n) is 2.26. The molecule has 1 aromatic heterocycles. The van der Waals surface area contributed by atoms with Crippen LogP contribution in [0.25, 0.3) is 0 Å². The number of hydrogen-bond donors (Lipinski definition) is 0. The molecule has 7 heteroatoms. The van der Waals surface area contributed by atoms with E-state index in [0.717, 1.165) is 0 Å². The van der Waals surface area contributed by atoms with Crippen LogP contribution in [0, 0.1) is 0 Å². The summed E-state index contributed by atoms with van der Waals surface area (Å²) >= 11 is 7.30. The van der Waals surface area contributed by atoms with E-state index < -0.39 is 0 Å². The van der Waals surface area contributed by atoms with Crippen LogP contribution in [0.15, 0.2) is 11.4 Å². The van der Waals surface area contributed by atoms with E-state index in [1.807, 2.05) is 0 Å². The van der Waals surface area contributed by atoms with Crippen molar-refractivity contribution in [1.82, 2.24) is 9.80 Å². The number of carbonyl (C=O) groups excluding carboxylic acids is 2. The molecule has 0 unspecified atom stereocenters. The van der Waals surface area contributed by atoms with Crippen molar-refractivity contribution in [3.63, 3.8) is 0 Å². The summed E-state index contributed by atoms with van der Waals surface area (Å²) in [5.41, 5.74) is 0. The van der Waals surface area contributed by atoms with E-state index in [2.05, 4.69) is 0 Å². The number of amides is 2. The van der Waals surface area contributed by atoms with Crippen LogP contribution in [-0.4, -0.2) is 54.1 Å². The third-order valence-corrected chi connectivity index (χ3v) is 4.54. The third-order valence-electron chi connectivity index (χ3n) is 3.22. The maximum absolute atomic E-state index is 12.3. The van der Waals surface area contributed by atoms with Crippen LogP contribution in [0.4, 0.5) is 4.79 Å². The molecule has 0 aromatic carbocycles. The Bertz CT molecular complexity index is 504. The van der Waals surface area contributed by atoms with Gasteiger partial charge < -0.3 is 9.64 Å². The average Bonchev–Trinajstić information content (AvgIpc) is 2.95. The van der Waals surface area contributed by atoms with Crippen LogP contribution in [0.5, 0.6) is 0 Å². The first kappa shape index (κ1) is 11.8. The Morgan fingerprint density at radius 3 is 3.06 bits per heavy atom. The van der Waals surface area contributed by atoms with Gasteiger partial charge in [-0.1, -0.05) is 11.6 Å². The Balaban J connectivity index is 1.74. The molecule has 1 aromatic rings. The minimum absolute atomic E-state index is 0.0195. The van der Waals surface area contributed by atoms with Gasteiger partial charge in [-0.05, 0) is 11.4 Å². The van der Waals surface area contributed by atoms with E-state index in [-0.39, 0.29) is 18.0 Å². The molecule has 18 heavy (non-hydrogen) atoms. The summed E-state index contributed by atoms with van der Waals surface area (Å²) in [5.74, 6) is -0.0611. The van der Waals surface area contributed by atoms with Crippen molar-refractivity contribution in [2.45, 2.75) is 6.04 Å². The van der Waals surface area contributed by atoms with Crippen molar-refractivity contribution in [2.75, 3.05) is 26.2 Å². The molecule has 0 aliphatic carbocycles. The first-order chi connectivity index (χ1) is 8.66. The Hall–Kier alpha value is -1.27. The smallest absolute Gasteiger partial charge is 0.410 e. The molecule has 2 amide bonds. The summed E-state index contributed by atoms with van der Waals surface area (Å²) < 4.78 is 4.97. The number of hydrogen-bond acceptors (Lipinski definition) is 4. The maximum Gasteiger partial charge on any atom is 0.410 e. The molecule has 2 saturated heterocycles. The highest BCUT2D eigenvalue weighted by molar-refractivity contribution is 7.12. The predicted octanol–water partition coefficient (Wildman–Crippen LogP) is 1.68. The van der Waals surface area contributed by atoms with Crippen LogP contribution in [0.2, 0.25) is 5.02 Å².